The lowest BCUT2D eigenvalue weighted by atomic mass is 9.91. The highest BCUT2D eigenvalue weighted by Crippen LogP contribution is 2.24. The fourth-order valence-electron chi connectivity index (χ4n) is 3.49. The van der Waals surface area contributed by atoms with E-state index in [1.54, 1.807) is 7.11 Å². The van der Waals surface area contributed by atoms with Crippen LogP contribution in [0.5, 0.6) is 0 Å². The Kier molecular flexibility index (Phi) is 8.35. The van der Waals surface area contributed by atoms with Crippen LogP contribution in [0.4, 0.5) is 4.39 Å². The normalized spacial score (nSPS) is 17.4. The van der Waals surface area contributed by atoms with Gasteiger partial charge in [-0.1, -0.05) is 12.1 Å². The Morgan fingerprint density at radius 1 is 1.32 bits per heavy atom. The van der Waals surface area contributed by atoms with Gasteiger partial charge in [0, 0.05) is 26.1 Å². The van der Waals surface area contributed by atoms with Crippen molar-refractivity contribution in [3.63, 3.8) is 0 Å². The lowest BCUT2D eigenvalue weighted by Crippen LogP contribution is -2.41. The van der Waals surface area contributed by atoms with Gasteiger partial charge in [0.05, 0.1) is 6.61 Å². The van der Waals surface area contributed by atoms with E-state index < -0.39 is 0 Å². The van der Waals surface area contributed by atoms with Gasteiger partial charge in [-0.05, 0) is 69.3 Å². The van der Waals surface area contributed by atoms with Gasteiger partial charge in [0.1, 0.15) is 5.82 Å². The predicted octanol–water partition coefficient (Wildman–Crippen LogP) is 3.01. The molecule has 0 aliphatic carbocycles. The molecule has 0 bridgehead atoms. The van der Waals surface area contributed by atoms with Gasteiger partial charge >= 0.3 is 0 Å². The molecule has 1 N–H and O–H groups in total. The van der Waals surface area contributed by atoms with E-state index in [2.05, 4.69) is 17.1 Å². The summed E-state index contributed by atoms with van der Waals surface area (Å²) in [5, 5.41) is 2.88. The van der Waals surface area contributed by atoms with Crippen LogP contribution in [-0.2, 0) is 16.0 Å². The minimum absolute atomic E-state index is 0.129. The molecule has 1 amide bonds. The first-order chi connectivity index (χ1) is 12.1. The maximum Gasteiger partial charge on any atom is 0.220 e. The smallest absolute Gasteiger partial charge is 0.220 e. The minimum Gasteiger partial charge on any atom is -0.383 e. The third-order valence-electron chi connectivity index (χ3n) is 5.12. The second-order valence-corrected chi connectivity index (χ2v) is 7.04. The number of benzene rings is 1. The average Bonchev–Trinajstić information content (AvgIpc) is 2.62. The molecule has 140 valence electrons. The lowest BCUT2D eigenvalue weighted by molar-refractivity contribution is -0.121. The Morgan fingerprint density at radius 3 is 2.64 bits per heavy atom. The Hall–Kier alpha value is -1.46. The summed E-state index contributed by atoms with van der Waals surface area (Å²) in [7, 11) is 1.64. The molecule has 0 unspecified atom stereocenters. The quantitative estimate of drug-likeness (QED) is 0.696. The third-order valence-corrected chi connectivity index (χ3v) is 5.12. The number of piperidine rings is 1. The van der Waals surface area contributed by atoms with Crippen molar-refractivity contribution in [2.24, 2.45) is 5.92 Å². The number of hydrogen-bond donors (Lipinski definition) is 1. The first-order valence-corrected chi connectivity index (χ1v) is 9.32. The summed E-state index contributed by atoms with van der Waals surface area (Å²) >= 11 is 0. The van der Waals surface area contributed by atoms with Crippen molar-refractivity contribution in [3.05, 3.63) is 35.6 Å². The molecule has 1 aromatic rings. The molecule has 1 saturated heterocycles. The lowest BCUT2D eigenvalue weighted by Gasteiger charge is -2.36. The predicted molar refractivity (Wildman–Crippen MR) is 98.0 cm³/mol. The number of halogens is 1. The zero-order chi connectivity index (χ0) is 18.1. The summed E-state index contributed by atoms with van der Waals surface area (Å²) in [6.45, 7) is 5.56. The van der Waals surface area contributed by atoms with Crippen LogP contribution in [0.3, 0.4) is 0 Å². The molecule has 1 aliphatic rings. The molecule has 1 fully saturated rings. The van der Waals surface area contributed by atoms with E-state index in [4.69, 9.17) is 4.74 Å². The summed E-state index contributed by atoms with van der Waals surface area (Å²) in [5.41, 5.74) is 1.18. The van der Waals surface area contributed by atoms with Crippen molar-refractivity contribution in [3.8, 4) is 0 Å². The average molecular weight is 350 g/mol. The van der Waals surface area contributed by atoms with E-state index in [0.717, 1.165) is 38.8 Å². The van der Waals surface area contributed by atoms with Crippen molar-refractivity contribution >= 4 is 5.91 Å². The molecule has 1 aromatic carbocycles. The number of nitrogens with one attached hydrogen (secondary N) is 1. The van der Waals surface area contributed by atoms with Crippen molar-refractivity contribution < 1.29 is 13.9 Å². The molecule has 1 heterocycles. The Balaban J connectivity index is 1.65. The molecule has 0 spiro atoms. The van der Waals surface area contributed by atoms with E-state index >= 15 is 0 Å². The van der Waals surface area contributed by atoms with Gasteiger partial charge in [-0.3, -0.25) is 4.79 Å². The SMILES string of the molecule is COCCNC(=O)CCC1CCN([C@@H](C)Cc2ccc(F)cc2)CC1. The molecule has 5 heteroatoms. The van der Waals surface area contributed by atoms with Gasteiger partial charge in [0.25, 0.3) is 0 Å². The number of methoxy groups -OCH3 is 1. The number of rotatable bonds is 9. The molecule has 0 aromatic heterocycles. The molecule has 0 saturated carbocycles. The van der Waals surface area contributed by atoms with Crippen LogP contribution in [0.1, 0.15) is 38.2 Å². The van der Waals surface area contributed by atoms with Gasteiger partial charge in [-0.15, -0.1) is 0 Å². The number of carbonyl (C=O) groups excluding carboxylic acids is 1. The van der Waals surface area contributed by atoms with Crippen LogP contribution >= 0.6 is 0 Å². The molecule has 1 atom stereocenters. The molecular weight excluding hydrogens is 319 g/mol. The zero-order valence-electron chi connectivity index (χ0n) is 15.5. The summed E-state index contributed by atoms with van der Waals surface area (Å²) in [4.78, 5) is 14.3. The summed E-state index contributed by atoms with van der Waals surface area (Å²) in [5.74, 6) is 0.593. The highest BCUT2D eigenvalue weighted by molar-refractivity contribution is 5.75. The Bertz CT molecular complexity index is 513. The van der Waals surface area contributed by atoms with Crippen LogP contribution in [0.15, 0.2) is 24.3 Å². The minimum atomic E-state index is -0.177. The third kappa shape index (κ3) is 7.12. The summed E-state index contributed by atoms with van der Waals surface area (Å²) in [6.07, 6.45) is 4.84. The van der Waals surface area contributed by atoms with E-state index in [1.807, 2.05) is 12.1 Å². The molecule has 2 rings (SSSR count). The number of carbonyl (C=O) groups is 1. The molecular formula is C20H31FN2O2. The Morgan fingerprint density at radius 2 is 2.00 bits per heavy atom. The largest absolute Gasteiger partial charge is 0.383 e. The van der Waals surface area contributed by atoms with Crippen molar-refractivity contribution in [2.45, 2.75) is 45.1 Å². The highest BCUT2D eigenvalue weighted by Gasteiger charge is 2.23. The molecule has 1 aliphatic heterocycles. The van der Waals surface area contributed by atoms with E-state index in [1.165, 1.54) is 17.7 Å². The van der Waals surface area contributed by atoms with Crippen molar-refractivity contribution in [2.75, 3.05) is 33.4 Å². The Labute approximate surface area is 150 Å². The molecule has 4 nitrogen and oxygen atoms in total. The fraction of sp³-hybridized carbons (Fsp3) is 0.650. The van der Waals surface area contributed by atoms with Gasteiger partial charge < -0.3 is 15.0 Å². The fourth-order valence-corrected chi connectivity index (χ4v) is 3.49. The summed E-state index contributed by atoms with van der Waals surface area (Å²) in [6, 6.07) is 7.28. The molecule has 0 radical (unpaired) electrons. The number of nitrogens with zero attached hydrogens (tertiary/aromatic N) is 1. The zero-order valence-corrected chi connectivity index (χ0v) is 15.5. The second-order valence-electron chi connectivity index (χ2n) is 7.04. The van der Waals surface area contributed by atoms with Crippen molar-refractivity contribution in [1.29, 1.82) is 0 Å². The van der Waals surface area contributed by atoms with Crippen LogP contribution in [0.2, 0.25) is 0 Å². The maximum atomic E-state index is 13.0. The number of hydrogen-bond acceptors (Lipinski definition) is 3. The summed E-state index contributed by atoms with van der Waals surface area (Å²) < 4.78 is 17.9. The van der Waals surface area contributed by atoms with E-state index in [0.29, 0.717) is 31.5 Å². The van der Waals surface area contributed by atoms with E-state index in [-0.39, 0.29) is 11.7 Å². The van der Waals surface area contributed by atoms with Crippen LogP contribution in [0.25, 0.3) is 0 Å². The monoisotopic (exact) mass is 350 g/mol. The van der Waals surface area contributed by atoms with Crippen LogP contribution in [0, 0.1) is 11.7 Å². The highest BCUT2D eigenvalue weighted by atomic mass is 19.1. The van der Waals surface area contributed by atoms with Crippen LogP contribution < -0.4 is 5.32 Å². The first kappa shape index (κ1) is 19.9. The number of likely N-dealkylation sites (tertiary alicyclic amines) is 1. The van der Waals surface area contributed by atoms with Crippen LogP contribution in [-0.4, -0.2) is 50.2 Å². The van der Waals surface area contributed by atoms with Gasteiger partial charge in [0.2, 0.25) is 5.91 Å². The van der Waals surface area contributed by atoms with Gasteiger partial charge in [-0.2, -0.15) is 0 Å². The molecule has 25 heavy (non-hydrogen) atoms. The topological polar surface area (TPSA) is 41.6 Å². The van der Waals surface area contributed by atoms with Crippen molar-refractivity contribution in [1.82, 2.24) is 10.2 Å². The van der Waals surface area contributed by atoms with Gasteiger partial charge in [0.15, 0.2) is 0 Å². The maximum absolute atomic E-state index is 13.0. The second kappa shape index (κ2) is 10.5. The number of ether oxygens (including phenoxy) is 1. The standard InChI is InChI=1S/C20H31FN2O2/c1-16(15-18-3-6-19(21)7-4-18)23-12-9-17(10-13-23)5-8-20(24)22-11-14-25-2/h3-4,6-7,16-17H,5,8-15H2,1-2H3,(H,22,24)/t16-/m0/s1. The first-order valence-electron chi connectivity index (χ1n) is 9.32. The van der Waals surface area contributed by atoms with Gasteiger partial charge in [-0.25, -0.2) is 4.39 Å². The van der Waals surface area contributed by atoms with E-state index in [9.17, 15) is 9.18 Å². The number of amides is 1.